The molecule has 0 aliphatic heterocycles. The number of nitrogens with one attached hydrogen (secondary N) is 2. The van der Waals surface area contributed by atoms with Gasteiger partial charge in [0.15, 0.2) is 0 Å². The SMILES string of the molecule is NCC(=O)NCC(=O)NCCCOc1ccccc1. The van der Waals surface area contributed by atoms with Crippen molar-refractivity contribution in [2.24, 2.45) is 5.73 Å². The van der Waals surface area contributed by atoms with Crippen molar-refractivity contribution in [1.82, 2.24) is 10.6 Å². The minimum absolute atomic E-state index is 0.0461. The predicted molar refractivity (Wildman–Crippen MR) is 71.6 cm³/mol. The molecule has 104 valence electrons. The molecule has 1 aromatic rings. The van der Waals surface area contributed by atoms with E-state index in [2.05, 4.69) is 10.6 Å². The summed E-state index contributed by atoms with van der Waals surface area (Å²) in [5.41, 5.74) is 5.09. The summed E-state index contributed by atoms with van der Waals surface area (Å²) in [7, 11) is 0. The number of amides is 2. The lowest BCUT2D eigenvalue weighted by Crippen LogP contribution is -2.39. The fourth-order valence-electron chi connectivity index (χ4n) is 1.32. The van der Waals surface area contributed by atoms with Crippen molar-refractivity contribution in [3.63, 3.8) is 0 Å². The van der Waals surface area contributed by atoms with Crippen molar-refractivity contribution in [3.05, 3.63) is 30.3 Å². The van der Waals surface area contributed by atoms with Gasteiger partial charge in [-0.1, -0.05) is 18.2 Å². The summed E-state index contributed by atoms with van der Waals surface area (Å²) in [4.78, 5) is 22.1. The topological polar surface area (TPSA) is 93.5 Å². The maximum atomic E-state index is 11.3. The molecule has 0 unspecified atom stereocenters. The molecular formula is C13H19N3O3. The highest BCUT2D eigenvalue weighted by molar-refractivity contribution is 5.85. The molecule has 0 fully saturated rings. The van der Waals surface area contributed by atoms with Gasteiger partial charge >= 0.3 is 0 Å². The van der Waals surface area contributed by atoms with Crippen molar-refractivity contribution >= 4 is 11.8 Å². The molecule has 6 heteroatoms. The largest absolute Gasteiger partial charge is 0.494 e. The van der Waals surface area contributed by atoms with Crippen LogP contribution >= 0.6 is 0 Å². The standard InChI is InChI=1S/C13H19N3O3/c14-9-12(17)16-10-13(18)15-7-4-8-19-11-5-2-1-3-6-11/h1-3,5-6H,4,7-10,14H2,(H,15,18)(H,16,17). The Morgan fingerprint density at radius 2 is 1.84 bits per heavy atom. The molecule has 0 heterocycles. The van der Waals surface area contributed by atoms with Gasteiger partial charge in [0.2, 0.25) is 11.8 Å². The fraction of sp³-hybridized carbons (Fsp3) is 0.385. The van der Waals surface area contributed by atoms with Gasteiger partial charge in [-0.3, -0.25) is 9.59 Å². The molecule has 0 aliphatic carbocycles. The Morgan fingerprint density at radius 1 is 1.11 bits per heavy atom. The van der Waals surface area contributed by atoms with Gasteiger partial charge in [0, 0.05) is 6.54 Å². The first-order valence-corrected chi connectivity index (χ1v) is 6.13. The Labute approximate surface area is 112 Å². The van der Waals surface area contributed by atoms with Crippen LogP contribution in [0.2, 0.25) is 0 Å². The van der Waals surface area contributed by atoms with Gasteiger partial charge in [-0.05, 0) is 18.6 Å². The highest BCUT2D eigenvalue weighted by Gasteiger charge is 2.02. The van der Waals surface area contributed by atoms with Crippen LogP contribution in [0.1, 0.15) is 6.42 Å². The number of para-hydroxylation sites is 1. The zero-order valence-corrected chi connectivity index (χ0v) is 10.7. The number of benzene rings is 1. The van der Waals surface area contributed by atoms with Crippen LogP contribution in [0.15, 0.2) is 30.3 Å². The Balaban J connectivity index is 2.01. The van der Waals surface area contributed by atoms with Gasteiger partial charge in [0.1, 0.15) is 5.75 Å². The normalized spacial score (nSPS) is 9.74. The van der Waals surface area contributed by atoms with E-state index in [0.29, 0.717) is 19.6 Å². The molecular weight excluding hydrogens is 246 g/mol. The van der Waals surface area contributed by atoms with E-state index >= 15 is 0 Å². The van der Waals surface area contributed by atoms with Gasteiger partial charge < -0.3 is 21.1 Å². The smallest absolute Gasteiger partial charge is 0.239 e. The lowest BCUT2D eigenvalue weighted by molar-refractivity contribution is -0.125. The molecule has 0 aromatic heterocycles. The molecule has 0 aliphatic rings. The zero-order chi connectivity index (χ0) is 13.9. The fourth-order valence-corrected chi connectivity index (χ4v) is 1.32. The van der Waals surface area contributed by atoms with Crippen molar-refractivity contribution in [2.45, 2.75) is 6.42 Å². The summed E-state index contributed by atoms with van der Waals surface area (Å²) < 4.78 is 5.47. The average molecular weight is 265 g/mol. The lowest BCUT2D eigenvalue weighted by Gasteiger charge is -2.07. The molecule has 1 aromatic carbocycles. The Kier molecular flexibility index (Phi) is 7.04. The second kappa shape index (κ2) is 8.93. The maximum absolute atomic E-state index is 11.3. The highest BCUT2D eigenvalue weighted by atomic mass is 16.5. The van der Waals surface area contributed by atoms with Crippen molar-refractivity contribution in [2.75, 3.05) is 26.2 Å². The number of carbonyl (C=O) groups is 2. The summed E-state index contributed by atoms with van der Waals surface area (Å²) in [5, 5.41) is 5.07. The summed E-state index contributed by atoms with van der Waals surface area (Å²) in [6.07, 6.45) is 0.700. The minimum atomic E-state index is -0.345. The molecule has 2 amide bonds. The monoisotopic (exact) mass is 265 g/mol. The van der Waals surface area contributed by atoms with Gasteiger partial charge in [0.05, 0.1) is 19.7 Å². The molecule has 0 radical (unpaired) electrons. The predicted octanol–water partition coefficient (Wildman–Crippen LogP) is -0.353. The second-order valence-corrected chi connectivity index (χ2v) is 3.85. The molecule has 0 saturated carbocycles. The van der Waals surface area contributed by atoms with E-state index < -0.39 is 0 Å². The number of carbonyl (C=O) groups excluding carboxylic acids is 2. The molecule has 0 bridgehead atoms. The summed E-state index contributed by atoms with van der Waals surface area (Å²) in [6, 6.07) is 9.47. The summed E-state index contributed by atoms with van der Waals surface area (Å²) >= 11 is 0. The summed E-state index contributed by atoms with van der Waals surface area (Å²) in [6.45, 7) is 0.872. The van der Waals surface area contributed by atoms with E-state index in [1.54, 1.807) is 0 Å². The van der Waals surface area contributed by atoms with E-state index in [0.717, 1.165) is 5.75 Å². The molecule has 4 N–H and O–H groups in total. The Hall–Kier alpha value is -2.08. The van der Waals surface area contributed by atoms with E-state index in [1.165, 1.54) is 0 Å². The van der Waals surface area contributed by atoms with Gasteiger partial charge in [0.25, 0.3) is 0 Å². The van der Waals surface area contributed by atoms with Crippen molar-refractivity contribution in [3.8, 4) is 5.75 Å². The van der Waals surface area contributed by atoms with Crippen LogP contribution in [-0.2, 0) is 9.59 Å². The molecule has 6 nitrogen and oxygen atoms in total. The van der Waals surface area contributed by atoms with Crippen LogP contribution in [0.3, 0.4) is 0 Å². The number of hydrogen-bond donors (Lipinski definition) is 3. The van der Waals surface area contributed by atoms with Crippen LogP contribution in [-0.4, -0.2) is 38.1 Å². The Morgan fingerprint density at radius 3 is 2.53 bits per heavy atom. The van der Waals surface area contributed by atoms with E-state index in [-0.39, 0.29) is 24.9 Å². The van der Waals surface area contributed by atoms with Crippen LogP contribution in [0.5, 0.6) is 5.75 Å². The van der Waals surface area contributed by atoms with Crippen LogP contribution < -0.4 is 21.1 Å². The molecule has 1 rings (SSSR count). The van der Waals surface area contributed by atoms with Gasteiger partial charge in [-0.15, -0.1) is 0 Å². The Bertz CT molecular complexity index is 395. The summed E-state index contributed by atoms with van der Waals surface area (Å²) in [5.74, 6) is 0.230. The number of ether oxygens (including phenoxy) is 1. The number of nitrogens with two attached hydrogens (primary N) is 1. The molecule has 19 heavy (non-hydrogen) atoms. The van der Waals surface area contributed by atoms with Crippen LogP contribution in [0, 0.1) is 0 Å². The second-order valence-electron chi connectivity index (χ2n) is 3.85. The molecule has 0 spiro atoms. The van der Waals surface area contributed by atoms with E-state index in [1.807, 2.05) is 30.3 Å². The van der Waals surface area contributed by atoms with E-state index in [9.17, 15) is 9.59 Å². The lowest BCUT2D eigenvalue weighted by atomic mass is 10.3. The third kappa shape index (κ3) is 7.05. The molecule has 0 saturated heterocycles. The first kappa shape index (κ1) is 15.0. The van der Waals surface area contributed by atoms with E-state index in [4.69, 9.17) is 10.5 Å². The van der Waals surface area contributed by atoms with Crippen LogP contribution in [0.25, 0.3) is 0 Å². The highest BCUT2D eigenvalue weighted by Crippen LogP contribution is 2.07. The van der Waals surface area contributed by atoms with Crippen LogP contribution in [0.4, 0.5) is 0 Å². The zero-order valence-electron chi connectivity index (χ0n) is 10.7. The van der Waals surface area contributed by atoms with Crippen molar-refractivity contribution < 1.29 is 14.3 Å². The quantitative estimate of drug-likeness (QED) is 0.560. The molecule has 0 atom stereocenters. The maximum Gasteiger partial charge on any atom is 0.239 e. The van der Waals surface area contributed by atoms with Gasteiger partial charge in [-0.2, -0.15) is 0 Å². The minimum Gasteiger partial charge on any atom is -0.494 e. The number of hydrogen-bond acceptors (Lipinski definition) is 4. The third-order valence-electron chi connectivity index (χ3n) is 2.29. The average Bonchev–Trinajstić information content (AvgIpc) is 2.45. The first-order chi connectivity index (χ1) is 9.22. The van der Waals surface area contributed by atoms with Gasteiger partial charge in [-0.25, -0.2) is 0 Å². The first-order valence-electron chi connectivity index (χ1n) is 6.13. The third-order valence-corrected chi connectivity index (χ3v) is 2.29. The van der Waals surface area contributed by atoms with Crippen molar-refractivity contribution in [1.29, 1.82) is 0 Å². The number of rotatable bonds is 8.